The lowest BCUT2D eigenvalue weighted by molar-refractivity contribution is 0.617. The summed E-state index contributed by atoms with van der Waals surface area (Å²) >= 11 is 0. The Balaban J connectivity index is 1.97. The minimum absolute atomic E-state index is 0.314. The van der Waals surface area contributed by atoms with E-state index in [0.29, 0.717) is 11.3 Å². The molecule has 23 heavy (non-hydrogen) atoms. The molecule has 0 aromatic carbocycles. The lowest BCUT2D eigenvalue weighted by atomic mass is 10.2. The Bertz CT molecular complexity index is 1130. The minimum Gasteiger partial charge on any atom is -0.320 e. The number of nitrogens with zero attached hydrogens (tertiary/aromatic N) is 4. The summed E-state index contributed by atoms with van der Waals surface area (Å²) < 4.78 is 16.4. The van der Waals surface area contributed by atoms with Gasteiger partial charge in [-0.2, -0.15) is 0 Å². The van der Waals surface area contributed by atoms with E-state index in [1.165, 1.54) is 22.6 Å². The lowest BCUT2D eigenvalue weighted by Crippen LogP contribution is -2.14. The Kier molecular flexibility index (Phi) is 2.81. The second-order valence-electron chi connectivity index (χ2n) is 5.54. The summed E-state index contributed by atoms with van der Waals surface area (Å²) in [7, 11) is 0. The maximum atomic E-state index is 13.3. The number of aromatic nitrogens is 4. The van der Waals surface area contributed by atoms with E-state index in [1.54, 1.807) is 0 Å². The highest BCUT2D eigenvalue weighted by Gasteiger charge is 2.10. The van der Waals surface area contributed by atoms with Crippen LogP contribution in [0.15, 0.2) is 47.7 Å². The van der Waals surface area contributed by atoms with E-state index >= 15 is 0 Å². The van der Waals surface area contributed by atoms with Gasteiger partial charge in [0, 0.05) is 30.2 Å². The first-order valence-electron chi connectivity index (χ1n) is 7.16. The van der Waals surface area contributed by atoms with E-state index < -0.39 is 5.82 Å². The monoisotopic (exact) mass is 308 g/mol. The van der Waals surface area contributed by atoms with E-state index in [1.807, 2.05) is 36.7 Å². The summed E-state index contributed by atoms with van der Waals surface area (Å²) in [4.78, 5) is 21.1. The molecule has 0 aliphatic heterocycles. The van der Waals surface area contributed by atoms with Gasteiger partial charge >= 0.3 is 0 Å². The molecule has 5 nitrogen and oxygen atoms in total. The normalized spacial score (nSPS) is 11.4. The van der Waals surface area contributed by atoms with Crippen LogP contribution in [0.4, 0.5) is 4.39 Å². The Labute approximate surface area is 130 Å². The van der Waals surface area contributed by atoms with E-state index in [9.17, 15) is 9.18 Å². The van der Waals surface area contributed by atoms with E-state index in [2.05, 4.69) is 9.97 Å². The van der Waals surface area contributed by atoms with Gasteiger partial charge in [-0.15, -0.1) is 0 Å². The fraction of sp³-hybridized carbons (Fsp3) is 0.118. The Morgan fingerprint density at radius 3 is 2.70 bits per heavy atom. The first-order valence-corrected chi connectivity index (χ1v) is 7.16. The van der Waals surface area contributed by atoms with Gasteiger partial charge in [0.05, 0.1) is 22.6 Å². The molecule has 0 unspecified atom stereocenters. The molecule has 0 radical (unpaired) electrons. The lowest BCUT2D eigenvalue weighted by Gasteiger charge is -2.02. The van der Waals surface area contributed by atoms with Crippen LogP contribution in [0.5, 0.6) is 0 Å². The molecule has 0 saturated carbocycles. The maximum absolute atomic E-state index is 13.3. The van der Waals surface area contributed by atoms with Crippen LogP contribution in [0.3, 0.4) is 0 Å². The number of pyridine rings is 1. The van der Waals surface area contributed by atoms with Crippen molar-refractivity contribution < 1.29 is 4.39 Å². The standard InChI is InChI=1S/C17H13FN4O/c1-10-7-21-8-12(5-15(21)11(2)19-10)14-6-17(23)22-9-13(18)3-4-16(22)20-14/h3-9H,1-2H3. The van der Waals surface area contributed by atoms with Gasteiger partial charge in [0.25, 0.3) is 5.56 Å². The number of rotatable bonds is 1. The molecule has 4 rings (SSSR count). The molecule has 0 bridgehead atoms. The molecule has 0 spiro atoms. The smallest absolute Gasteiger partial charge is 0.258 e. The summed E-state index contributed by atoms with van der Waals surface area (Å²) in [6.45, 7) is 3.87. The molecule has 0 aliphatic carbocycles. The largest absolute Gasteiger partial charge is 0.320 e. The first kappa shape index (κ1) is 13.6. The quantitative estimate of drug-likeness (QED) is 0.543. The average molecular weight is 308 g/mol. The van der Waals surface area contributed by atoms with E-state index in [0.717, 1.165) is 28.7 Å². The molecule has 0 atom stereocenters. The van der Waals surface area contributed by atoms with Crippen molar-refractivity contribution in [3.8, 4) is 11.3 Å². The molecule has 6 heteroatoms. The molecule has 0 fully saturated rings. The summed E-state index contributed by atoms with van der Waals surface area (Å²) in [5.74, 6) is -0.471. The molecular formula is C17H13FN4O. The molecular weight excluding hydrogens is 295 g/mol. The Morgan fingerprint density at radius 1 is 1.04 bits per heavy atom. The van der Waals surface area contributed by atoms with Crippen molar-refractivity contribution in [3.63, 3.8) is 0 Å². The molecule has 0 amide bonds. The molecule has 0 N–H and O–H groups in total. The van der Waals surface area contributed by atoms with Crippen molar-refractivity contribution in [3.05, 3.63) is 70.4 Å². The summed E-state index contributed by atoms with van der Waals surface area (Å²) in [6.07, 6.45) is 4.98. The second-order valence-corrected chi connectivity index (χ2v) is 5.54. The Morgan fingerprint density at radius 2 is 1.87 bits per heavy atom. The topological polar surface area (TPSA) is 51.7 Å². The SMILES string of the molecule is Cc1cn2cc(-c3cc(=O)n4cc(F)ccc4n3)cc2c(C)n1. The van der Waals surface area contributed by atoms with Crippen molar-refractivity contribution >= 4 is 11.2 Å². The van der Waals surface area contributed by atoms with Gasteiger partial charge in [-0.25, -0.2) is 9.37 Å². The summed E-state index contributed by atoms with van der Waals surface area (Å²) in [5, 5.41) is 0. The van der Waals surface area contributed by atoms with Gasteiger partial charge in [0.15, 0.2) is 0 Å². The van der Waals surface area contributed by atoms with Gasteiger partial charge < -0.3 is 4.40 Å². The zero-order valence-corrected chi connectivity index (χ0v) is 12.6. The fourth-order valence-electron chi connectivity index (χ4n) is 2.79. The van der Waals surface area contributed by atoms with Crippen molar-refractivity contribution in [2.24, 2.45) is 0 Å². The highest BCUT2D eigenvalue weighted by molar-refractivity contribution is 5.70. The maximum Gasteiger partial charge on any atom is 0.258 e. The fourth-order valence-corrected chi connectivity index (χ4v) is 2.79. The number of hydrogen-bond acceptors (Lipinski definition) is 3. The van der Waals surface area contributed by atoms with Crippen LogP contribution in [0.25, 0.3) is 22.4 Å². The zero-order chi connectivity index (χ0) is 16.1. The predicted octanol–water partition coefficient (Wildman–Crippen LogP) is 2.77. The molecule has 0 aliphatic rings. The number of aryl methyl sites for hydroxylation is 2. The van der Waals surface area contributed by atoms with Gasteiger partial charge in [-0.3, -0.25) is 14.2 Å². The van der Waals surface area contributed by atoms with Crippen LogP contribution >= 0.6 is 0 Å². The van der Waals surface area contributed by atoms with Crippen LogP contribution in [-0.2, 0) is 0 Å². The minimum atomic E-state index is -0.471. The summed E-state index contributed by atoms with van der Waals surface area (Å²) in [6, 6.07) is 6.15. The number of fused-ring (bicyclic) bond motifs is 2. The van der Waals surface area contributed by atoms with Crippen molar-refractivity contribution in [1.82, 2.24) is 18.8 Å². The first-order chi connectivity index (χ1) is 11.0. The van der Waals surface area contributed by atoms with Gasteiger partial charge in [-0.1, -0.05) is 0 Å². The predicted molar refractivity (Wildman–Crippen MR) is 85.1 cm³/mol. The molecule has 0 saturated heterocycles. The zero-order valence-electron chi connectivity index (χ0n) is 12.6. The van der Waals surface area contributed by atoms with Gasteiger partial charge in [0.2, 0.25) is 0 Å². The van der Waals surface area contributed by atoms with Crippen LogP contribution in [-0.4, -0.2) is 18.8 Å². The third-order valence-electron chi connectivity index (χ3n) is 3.81. The van der Waals surface area contributed by atoms with Crippen molar-refractivity contribution in [2.75, 3.05) is 0 Å². The molecule has 4 aromatic heterocycles. The van der Waals surface area contributed by atoms with Gasteiger partial charge in [0.1, 0.15) is 11.5 Å². The third kappa shape index (κ3) is 2.19. The highest BCUT2D eigenvalue weighted by atomic mass is 19.1. The highest BCUT2D eigenvalue weighted by Crippen LogP contribution is 2.22. The number of halogens is 1. The average Bonchev–Trinajstić information content (AvgIpc) is 2.92. The Hall–Kier alpha value is -3.02. The summed E-state index contributed by atoms with van der Waals surface area (Å²) in [5.41, 5.74) is 4.27. The van der Waals surface area contributed by atoms with Crippen LogP contribution in [0.2, 0.25) is 0 Å². The molecule has 4 heterocycles. The van der Waals surface area contributed by atoms with Crippen LogP contribution < -0.4 is 5.56 Å². The third-order valence-corrected chi connectivity index (χ3v) is 3.81. The number of hydrogen-bond donors (Lipinski definition) is 0. The van der Waals surface area contributed by atoms with Gasteiger partial charge in [-0.05, 0) is 32.0 Å². The van der Waals surface area contributed by atoms with E-state index in [4.69, 9.17) is 0 Å². The van der Waals surface area contributed by atoms with Crippen molar-refractivity contribution in [1.29, 1.82) is 0 Å². The molecule has 4 aromatic rings. The van der Waals surface area contributed by atoms with Crippen molar-refractivity contribution in [2.45, 2.75) is 13.8 Å². The van der Waals surface area contributed by atoms with Crippen LogP contribution in [0, 0.1) is 19.7 Å². The van der Waals surface area contributed by atoms with E-state index in [-0.39, 0.29) is 5.56 Å². The van der Waals surface area contributed by atoms with Crippen LogP contribution in [0.1, 0.15) is 11.4 Å². The second kappa shape index (κ2) is 4.74. The molecule has 114 valence electrons.